The Labute approximate surface area is 97.4 Å². The second kappa shape index (κ2) is 5.31. The highest BCUT2D eigenvalue weighted by Gasteiger charge is 2.31. The predicted molar refractivity (Wildman–Crippen MR) is 56.5 cm³/mol. The maximum atomic E-state index is 12.5. The van der Waals surface area contributed by atoms with Crippen molar-refractivity contribution in [2.75, 3.05) is 7.11 Å². The summed E-state index contributed by atoms with van der Waals surface area (Å²) in [6.07, 6.45) is -5.12. The molecular weight excluding hydrogens is 233 g/mol. The Morgan fingerprint density at radius 1 is 1.41 bits per heavy atom. The Bertz CT molecular complexity index is 399. The SMILES string of the molecule is CCC(=O)C(OC)c1cccc(C(F)(F)F)c1. The van der Waals surface area contributed by atoms with Crippen molar-refractivity contribution >= 4 is 5.78 Å². The number of ketones is 1. The van der Waals surface area contributed by atoms with E-state index in [0.29, 0.717) is 0 Å². The van der Waals surface area contributed by atoms with Gasteiger partial charge in [0.2, 0.25) is 0 Å². The van der Waals surface area contributed by atoms with Gasteiger partial charge in [0.25, 0.3) is 0 Å². The lowest BCUT2D eigenvalue weighted by atomic mass is 10.0. The highest BCUT2D eigenvalue weighted by atomic mass is 19.4. The number of hydrogen-bond donors (Lipinski definition) is 0. The summed E-state index contributed by atoms with van der Waals surface area (Å²) >= 11 is 0. The zero-order chi connectivity index (χ0) is 13.1. The molecule has 0 heterocycles. The van der Waals surface area contributed by atoms with Gasteiger partial charge in [-0.3, -0.25) is 4.79 Å². The fourth-order valence-corrected chi connectivity index (χ4v) is 1.52. The predicted octanol–water partition coefficient (Wildman–Crippen LogP) is 3.37. The van der Waals surface area contributed by atoms with Crippen LogP contribution in [-0.2, 0) is 15.7 Å². The lowest BCUT2D eigenvalue weighted by Gasteiger charge is -2.15. The van der Waals surface area contributed by atoms with Gasteiger partial charge in [0, 0.05) is 13.5 Å². The summed E-state index contributed by atoms with van der Waals surface area (Å²) in [5.74, 6) is -0.244. The van der Waals surface area contributed by atoms with Crippen LogP contribution in [0.25, 0.3) is 0 Å². The third kappa shape index (κ3) is 3.30. The normalized spacial score (nSPS) is 13.5. The van der Waals surface area contributed by atoms with Gasteiger partial charge in [0.1, 0.15) is 6.10 Å². The zero-order valence-electron chi connectivity index (χ0n) is 9.54. The van der Waals surface area contributed by atoms with Crippen molar-refractivity contribution in [3.63, 3.8) is 0 Å². The Balaban J connectivity index is 3.10. The number of rotatable bonds is 4. The molecule has 0 radical (unpaired) electrons. The van der Waals surface area contributed by atoms with Crippen molar-refractivity contribution in [2.45, 2.75) is 25.6 Å². The van der Waals surface area contributed by atoms with Crippen LogP contribution in [0.15, 0.2) is 24.3 Å². The van der Waals surface area contributed by atoms with E-state index in [-0.39, 0.29) is 17.8 Å². The molecule has 0 bridgehead atoms. The molecule has 1 rings (SSSR count). The highest BCUT2D eigenvalue weighted by molar-refractivity contribution is 5.84. The summed E-state index contributed by atoms with van der Waals surface area (Å²) in [5.41, 5.74) is -0.546. The van der Waals surface area contributed by atoms with E-state index >= 15 is 0 Å². The maximum Gasteiger partial charge on any atom is 0.416 e. The highest BCUT2D eigenvalue weighted by Crippen LogP contribution is 2.31. The van der Waals surface area contributed by atoms with E-state index in [1.165, 1.54) is 19.2 Å². The molecule has 0 aliphatic rings. The Morgan fingerprint density at radius 2 is 2.06 bits per heavy atom. The molecule has 94 valence electrons. The molecule has 5 heteroatoms. The maximum absolute atomic E-state index is 12.5. The number of methoxy groups -OCH3 is 1. The van der Waals surface area contributed by atoms with Crippen LogP contribution in [0, 0.1) is 0 Å². The van der Waals surface area contributed by atoms with Crippen molar-refractivity contribution in [3.8, 4) is 0 Å². The van der Waals surface area contributed by atoms with Crippen molar-refractivity contribution in [1.29, 1.82) is 0 Å². The van der Waals surface area contributed by atoms with Gasteiger partial charge in [-0.1, -0.05) is 19.1 Å². The first-order valence-corrected chi connectivity index (χ1v) is 5.12. The van der Waals surface area contributed by atoms with Gasteiger partial charge < -0.3 is 4.74 Å². The molecule has 1 atom stereocenters. The smallest absolute Gasteiger partial charge is 0.369 e. The lowest BCUT2D eigenvalue weighted by molar-refractivity contribution is -0.138. The molecule has 0 fully saturated rings. The average Bonchev–Trinajstić information content (AvgIpc) is 2.29. The molecule has 0 N–H and O–H groups in total. The van der Waals surface area contributed by atoms with Crippen molar-refractivity contribution in [1.82, 2.24) is 0 Å². The van der Waals surface area contributed by atoms with Crippen LogP contribution in [0.1, 0.15) is 30.6 Å². The number of ether oxygens (including phenoxy) is 1. The molecule has 0 aliphatic carbocycles. The van der Waals surface area contributed by atoms with Gasteiger partial charge in [-0.15, -0.1) is 0 Å². The minimum absolute atomic E-state index is 0.217. The molecule has 0 aromatic heterocycles. The topological polar surface area (TPSA) is 26.3 Å². The number of Topliss-reactive ketones (excluding diaryl/α,β-unsaturated/α-hetero) is 1. The number of alkyl halides is 3. The summed E-state index contributed by atoms with van der Waals surface area (Å²) in [6, 6.07) is 4.64. The van der Waals surface area contributed by atoms with E-state index in [2.05, 4.69) is 0 Å². The van der Waals surface area contributed by atoms with Gasteiger partial charge in [-0.25, -0.2) is 0 Å². The summed E-state index contributed by atoms with van der Waals surface area (Å²) in [7, 11) is 1.30. The van der Waals surface area contributed by atoms with Crippen molar-refractivity contribution < 1.29 is 22.7 Å². The summed E-state index contributed by atoms with van der Waals surface area (Å²) < 4.78 is 42.4. The van der Waals surface area contributed by atoms with E-state index in [0.717, 1.165) is 12.1 Å². The first kappa shape index (κ1) is 13.7. The van der Waals surface area contributed by atoms with Crippen LogP contribution in [0.2, 0.25) is 0 Å². The first-order valence-electron chi connectivity index (χ1n) is 5.12. The number of benzene rings is 1. The largest absolute Gasteiger partial charge is 0.416 e. The summed E-state index contributed by atoms with van der Waals surface area (Å²) in [5, 5.41) is 0. The molecule has 0 amide bonds. The molecule has 1 unspecified atom stereocenters. The van der Waals surface area contributed by atoms with Crippen LogP contribution >= 0.6 is 0 Å². The number of halogens is 3. The van der Waals surface area contributed by atoms with E-state index in [1.54, 1.807) is 6.92 Å². The van der Waals surface area contributed by atoms with Gasteiger partial charge in [0.15, 0.2) is 5.78 Å². The second-order valence-electron chi connectivity index (χ2n) is 3.56. The van der Waals surface area contributed by atoms with E-state index in [9.17, 15) is 18.0 Å². The van der Waals surface area contributed by atoms with E-state index in [4.69, 9.17) is 4.74 Å². The molecule has 1 aromatic carbocycles. The van der Waals surface area contributed by atoms with Crippen LogP contribution in [0.5, 0.6) is 0 Å². The Hall–Kier alpha value is -1.36. The third-order valence-electron chi connectivity index (χ3n) is 2.39. The van der Waals surface area contributed by atoms with Gasteiger partial charge in [-0.05, 0) is 17.7 Å². The number of hydrogen-bond acceptors (Lipinski definition) is 2. The number of carbonyl (C=O) groups excluding carboxylic acids is 1. The molecule has 0 saturated carbocycles. The lowest BCUT2D eigenvalue weighted by Crippen LogP contribution is -2.14. The monoisotopic (exact) mass is 246 g/mol. The fraction of sp³-hybridized carbons (Fsp3) is 0.417. The average molecular weight is 246 g/mol. The Kier molecular flexibility index (Phi) is 4.28. The quantitative estimate of drug-likeness (QED) is 0.814. The second-order valence-corrected chi connectivity index (χ2v) is 3.56. The summed E-state index contributed by atoms with van der Waals surface area (Å²) in [4.78, 5) is 11.5. The third-order valence-corrected chi connectivity index (χ3v) is 2.39. The van der Waals surface area contributed by atoms with Gasteiger partial charge in [-0.2, -0.15) is 13.2 Å². The minimum Gasteiger partial charge on any atom is -0.369 e. The Morgan fingerprint density at radius 3 is 2.53 bits per heavy atom. The van der Waals surface area contributed by atoms with E-state index < -0.39 is 17.8 Å². The standard InChI is InChI=1S/C12H13F3O2/c1-3-10(16)11(17-2)8-5-4-6-9(7-8)12(13,14)15/h4-7,11H,3H2,1-2H3. The molecule has 0 aliphatic heterocycles. The molecule has 0 saturated heterocycles. The zero-order valence-corrected chi connectivity index (χ0v) is 9.54. The van der Waals surface area contributed by atoms with Crippen molar-refractivity contribution in [2.24, 2.45) is 0 Å². The molecule has 17 heavy (non-hydrogen) atoms. The van der Waals surface area contributed by atoms with Crippen LogP contribution < -0.4 is 0 Å². The molecular formula is C12H13F3O2. The molecule has 0 spiro atoms. The fourth-order valence-electron chi connectivity index (χ4n) is 1.52. The van der Waals surface area contributed by atoms with Crippen LogP contribution in [0.3, 0.4) is 0 Å². The van der Waals surface area contributed by atoms with Crippen molar-refractivity contribution in [3.05, 3.63) is 35.4 Å². The van der Waals surface area contributed by atoms with Crippen LogP contribution in [0.4, 0.5) is 13.2 Å². The van der Waals surface area contributed by atoms with Gasteiger partial charge >= 0.3 is 6.18 Å². The van der Waals surface area contributed by atoms with Gasteiger partial charge in [0.05, 0.1) is 5.56 Å². The molecule has 2 nitrogen and oxygen atoms in total. The summed E-state index contributed by atoms with van der Waals surface area (Å²) in [6.45, 7) is 1.64. The van der Waals surface area contributed by atoms with Crippen LogP contribution in [-0.4, -0.2) is 12.9 Å². The number of carbonyl (C=O) groups is 1. The minimum atomic E-state index is -4.41. The van der Waals surface area contributed by atoms with E-state index in [1.807, 2.05) is 0 Å². The molecule has 1 aromatic rings. The first-order chi connectivity index (χ1) is 7.90.